The van der Waals surface area contributed by atoms with Crippen LogP contribution in [0, 0.1) is 0 Å². The van der Waals surface area contributed by atoms with Crippen molar-refractivity contribution in [3.8, 4) is 0 Å². The van der Waals surface area contributed by atoms with Gasteiger partial charge in [0.25, 0.3) is 5.91 Å². The first kappa shape index (κ1) is 17.1. The average Bonchev–Trinajstić information content (AvgIpc) is 2.75. The lowest BCUT2D eigenvalue weighted by molar-refractivity contribution is 0.0606. The molecule has 1 aromatic carbocycles. The third-order valence-electron chi connectivity index (χ3n) is 4.71. The van der Waals surface area contributed by atoms with Gasteiger partial charge in [0.2, 0.25) is 5.95 Å². The van der Waals surface area contributed by atoms with E-state index < -0.39 is 0 Å². The molecule has 1 N–H and O–H groups in total. The highest BCUT2D eigenvalue weighted by Gasteiger charge is 2.29. The SMILES string of the molecule is O=C(c1ccccc1)N1CCCCC1c1ccnc(Nc2ccccn2)n1. The van der Waals surface area contributed by atoms with Crippen molar-refractivity contribution in [1.29, 1.82) is 0 Å². The van der Waals surface area contributed by atoms with Crippen molar-refractivity contribution in [3.05, 3.63) is 78.2 Å². The summed E-state index contributed by atoms with van der Waals surface area (Å²) in [6, 6.07) is 16.9. The number of hydrogen-bond acceptors (Lipinski definition) is 5. The lowest BCUT2D eigenvalue weighted by atomic mass is 9.98. The van der Waals surface area contributed by atoms with Crippen LogP contribution in [-0.2, 0) is 0 Å². The van der Waals surface area contributed by atoms with E-state index in [9.17, 15) is 4.79 Å². The van der Waals surface area contributed by atoms with Gasteiger partial charge in [0, 0.05) is 24.5 Å². The zero-order valence-corrected chi connectivity index (χ0v) is 15.0. The van der Waals surface area contributed by atoms with Crippen LogP contribution in [-0.4, -0.2) is 32.3 Å². The molecular formula is C21H21N5O. The number of benzene rings is 1. The standard InChI is InChI=1S/C21H21N5O/c27-20(16-8-2-1-3-9-16)26-15-7-5-10-18(26)17-12-14-23-21(24-17)25-19-11-4-6-13-22-19/h1-4,6,8-9,11-14,18H,5,7,10,15H2,(H,22,23,24,25). The smallest absolute Gasteiger partial charge is 0.254 e. The molecule has 3 heterocycles. The van der Waals surface area contributed by atoms with Gasteiger partial charge in [-0.25, -0.2) is 15.0 Å². The van der Waals surface area contributed by atoms with Crippen molar-refractivity contribution in [1.82, 2.24) is 19.9 Å². The Morgan fingerprint density at radius 3 is 2.63 bits per heavy atom. The molecule has 1 unspecified atom stereocenters. The Morgan fingerprint density at radius 2 is 1.81 bits per heavy atom. The Hall–Kier alpha value is -3.28. The molecule has 1 amide bonds. The minimum absolute atomic E-state index is 0.0428. The van der Waals surface area contributed by atoms with Crippen molar-refractivity contribution in [2.24, 2.45) is 0 Å². The fourth-order valence-corrected chi connectivity index (χ4v) is 3.40. The van der Waals surface area contributed by atoms with Crippen LogP contribution in [0.15, 0.2) is 67.0 Å². The van der Waals surface area contributed by atoms with E-state index in [1.807, 2.05) is 59.5 Å². The Kier molecular flexibility index (Phi) is 5.05. The van der Waals surface area contributed by atoms with Gasteiger partial charge >= 0.3 is 0 Å². The number of pyridine rings is 1. The van der Waals surface area contributed by atoms with E-state index in [2.05, 4.69) is 20.3 Å². The van der Waals surface area contributed by atoms with E-state index in [-0.39, 0.29) is 11.9 Å². The van der Waals surface area contributed by atoms with Crippen LogP contribution in [0.25, 0.3) is 0 Å². The first-order chi connectivity index (χ1) is 13.3. The Morgan fingerprint density at radius 1 is 0.963 bits per heavy atom. The number of piperidine rings is 1. The summed E-state index contributed by atoms with van der Waals surface area (Å²) < 4.78 is 0. The van der Waals surface area contributed by atoms with E-state index in [0.29, 0.717) is 17.3 Å². The summed E-state index contributed by atoms with van der Waals surface area (Å²) in [5, 5.41) is 3.12. The third-order valence-corrected chi connectivity index (χ3v) is 4.71. The maximum Gasteiger partial charge on any atom is 0.254 e. The Labute approximate surface area is 158 Å². The fourth-order valence-electron chi connectivity index (χ4n) is 3.40. The lowest BCUT2D eigenvalue weighted by Crippen LogP contribution is -2.38. The molecule has 6 nitrogen and oxygen atoms in total. The number of rotatable bonds is 4. The third kappa shape index (κ3) is 3.95. The highest BCUT2D eigenvalue weighted by Crippen LogP contribution is 2.31. The van der Waals surface area contributed by atoms with Gasteiger partial charge in [-0.15, -0.1) is 0 Å². The molecule has 0 spiro atoms. The van der Waals surface area contributed by atoms with E-state index in [0.717, 1.165) is 31.5 Å². The van der Waals surface area contributed by atoms with Gasteiger partial charge in [-0.05, 0) is 49.6 Å². The van der Waals surface area contributed by atoms with Gasteiger partial charge in [-0.2, -0.15) is 0 Å². The number of amides is 1. The number of likely N-dealkylation sites (tertiary alicyclic amines) is 1. The first-order valence-electron chi connectivity index (χ1n) is 9.18. The predicted octanol–water partition coefficient (Wildman–Crippen LogP) is 3.98. The van der Waals surface area contributed by atoms with Crippen LogP contribution < -0.4 is 5.32 Å². The summed E-state index contributed by atoms with van der Waals surface area (Å²) in [7, 11) is 0. The molecule has 3 aromatic rings. The van der Waals surface area contributed by atoms with Crippen molar-refractivity contribution >= 4 is 17.7 Å². The molecule has 6 heteroatoms. The van der Waals surface area contributed by atoms with Gasteiger partial charge < -0.3 is 10.2 Å². The van der Waals surface area contributed by atoms with Crippen LogP contribution >= 0.6 is 0 Å². The molecule has 0 saturated carbocycles. The highest BCUT2D eigenvalue weighted by atomic mass is 16.2. The van der Waals surface area contributed by atoms with Gasteiger partial charge in [0.1, 0.15) is 5.82 Å². The van der Waals surface area contributed by atoms with Gasteiger partial charge in [0.05, 0.1) is 11.7 Å². The van der Waals surface area contributed by atoms with Crippen molar-refractivity contribution in [3.63, 3.8) is 0 Å². The summed E-state index contributed by atoms with van der Waals surface area (Å²) in [4.78, 5) is 28.1. The number of carbonyl (C=O) groups is 1. The second-order valence-corrected chi connectivity index (χ2v) is 6.52. The number of anilines is 2. The fraction of sp³-hybridized carbons (Fsp3) is 0.238. The van der Waals surface area contributed by atoms with Crippen LogP contribution in [0.2, 0.25) is 0 Å². The van der Waals surface area contributed by atoms with Gasteiger partial charge in [-0.1, -0.05) is 24.3 Å². The average molecular weight is 359 g/mol. The van der Waals surface area contributed by atoms with Crippen LogP contribution in [0.4, 0.5) is 11.8 Å². The molecular weight excluding hydrogens is 338 g/mol. The molecule has 136 valence electrons. The molecule has 0 bridgehead atoms. The summed E-state index contributed by atoms with van der Waals surface area (Å²) in [6.45, 7) is 0.741. The summed E-state index contributed by atoms with van der Waals surface area (Å²) in [5.74, 6) is 1.23. The minimum Gasteiger partial charge on any atom is -0.330 e. The highest BCUT2D eigenvalue weighted by molar-refractivity contribution is 5.94. The number of aromatic nitrogens is 3. The summed E-state index contributed by atoms with van der Waals surface area (Å²) in [6.07, 6.45) is 6.44. The van der Waals surface area contributed by atoms with Gasteiger partial charge in [0.15, 0.2) is 0 Å². The molecule has 1 fully saturated rings. The normalized spacial score (nSPS) is 16.7. The lowest BCUT2D eigenvalue weighted by Gasteiger charge is -2.35. The number of nitrogens with zero attached hydrogens (tertiary/aromatic N) is 4. The second kappa shape index (κ2) is 7.95. The van der Waals surface area contributed by atoms with Crippen molar-refractivity contribution in [2.75, 3.05) is 11.9 Å². The Balaban J connectivity index is 1.58. The molecule has 4 rings (SSSR count). The molecule has 2 aromatic heterocycles. The van der Waals surface area contributed by atoms with E-state index in [1.165, 1.54) is 0 Å². The van der Waals surface area contributed by atoms with E-state index >= 15 is 0 Å². The molecule has 0 radical (unpaired) electrons. The summed E-state index contributed by atoms with van der Waals surface area (Å²) >= 11 is 0. The minimum atomic E-state index is -0.0428. The number of nitrogens with one attached hydrogen (secondary N) is 1. The first-order valence-corrected chi connectivity index (χ1v) is 9.18. The molecule has 0 aliphatic carbocycles. The van der Waals surface area contributed by atoms with Crippen LogP contribution in [0.1, 0.15) is 41.4 Å². The monoisotopic (exact) mass is 359 g/mol. The molecule has 1 aliphatic heterocycles. The molecule has 27 heavy (non-hydrogen) atoms. The largest absolute Gasteiger partial charge is 0.330 e. The van der Waals surface area contributed by atoms with Crippen molar-refractivity contribution < 1.29 is 4.79 Å². The summed E-state index contributed by atoms with van der Waals surface area (Å²) in [5.41, 5.74) is 1.57. The predicted molar refractivity (Wildman–Crippen MR) is 104 cm³/mol. The van der Waals surface area contributed by atoms with E-state index in [4.69, 9.17) is 0 Å². The maximum absolute atomic E-state index is 13.0. The number of carbonyl (C=O) groups excluding carboxylic acids is 1. The molecule has 1 saturated heterocycles. The van der Waals surface area contributed by atoms with Crippen LogP contribution in [0.5, 0.6) is 0 Å². The van der Waals surface area contributed by atoms with Crippen LogP contribution in [0.3, 0.4) is 0 Å². The number of hydrogen-bond donors (Lipinski definition) is 1. The molecule has 1 atom stereocenters. The van der Waals surface area contributed by atoms with E-state index in [1.54, 1.807) is 12.4 Å². The zero-order valence-electron chi connectivity index (χ0n) is 15.0. The van der Waals surface area contributed by atoms with Crippen molar-refractivity contribution in [2.45, 2.75) is 25.3 Å². The zero-order chi connectivity index (χ0) is 18.5. The van der Waals surface area contributed by atoms with Gasteiger partial charge in [-0.3, -0.25) is 4.79 Å². The quantitative estimate of drug-likeness (QED) is 0.763. The maximum atomic E-state index is 13.0. The second-order valence-electron chi connectivity index (χ2n) is 6.52. The topological polar surface area (TPSA) is 71.0 Å². The Bertz CT molecular complexity index is 901. The molecule has 1 aliphatic rings.